The standard InChI is InChI=1S/C10H13ClN4S2/c1-10(2,3)15-9(12-13-14-15)16-6-7-4-5-8(11)17-7/h4-5H,6H2,1-3H3. The highest BCUT2D eigenvalue weighted by Crippen LogP contribution is 2.29. The van der Waals surface area contributed by atoms with Gasteiger partial charge in [-0.15, -0.1) is 16.4 Å². The van der Waals surface area contributed by atoms with Crippen molar-refractivity contribution in [3.05, 3.63) is 21.3 Å². The highest BCUT2D eigenvalue weighted by atomic mass is 35.5. The van der Waals surface area contributed by atoms with Gasteiger partial charge in [0.1, 0.15) is 0 Å². The Morgan fingerprint density at radius 1 is 1.41 bits per heavy atom. The summed E-state index contributed by atoms with van der Waals surface area (Å²) in [4.78, 5) is 1.23. The van der Waals surface area contributed by atoms with E-state index < -0.39 is 0 Å². The fraction of sp³-hybridized carbons (Fsp3) is 0.500. The van der Waals surface area contributed by atoms with E-state index in [1.54, 1.807) is 23.1 Å². The molecule has 4 nitrogen and oxygen atoms in total. The van der Waals surface area contributed by atoms with E-state index in [0.717, 1.165) is 15.2 Å². The summed E-state index contributed by atoms with van der Waals surface area (Å²) in [5.41, 5.74) is -0.0983. The number of hydrogen-bond donors (Lipinski definition) is 0. The highest BCUT2D eigenvalue weighted by molar-refractivity contribution is 7.98. The zero-order valence-electron chi connectivity index (χ0n) is 9.85. The normalized spacial score (nSPS) is 12.0. The number of rotatable bonds is 3. The minimum atomic E-state index is -0.0983. The van der Waals surface area contributed by atoms with Crippen LogP contribution in [-0.4, -0.2) is 20.2 Å². The van der Waals surface area contributed by atoms with Crippen LogP contribution in [0.2, 0.25) is 4.34 Å². The summed E-state index contributed by atoms with van der Waals surface area (Å²) < 4.78 is 2.66. The second kappa shape index (κ2) is 4.96. The summed E-state index contributed by atoms with van der Waals surface area (Å²) in [6.45, 7) is 6.24. The Balaban J connectivity index is 2.07. The number of nitrogens with zero attached hydrogens (tertiary/aromatic N) is 4. The lowest BCUT2D eigenvalue weighted by molar-refractivity contribution is 0.321. The van der Waals surface area contributed by atoms with Crippen molar-refractivity contribution in [1.82, 2.24) is 20.2 Å². The van der Waals surface area contributed by atoms with E-state index in [9.17, 15) is 0 Å². The van der Waals surface area contributed by atoms with Gasteiger partial charge in [-0.2, -0.15) is 0 Å². The van der Waals surface area contributed by atoms with Gasteiger partial charge in [-0.1, -0.05) is 23.4 Å². The van der Waals surface area contributed by atoms with Gasteiger partial charge in [-0.05, 0) is 43.3 Å². The van der Waals surface area contributed by atoms with Gasteiger partial charge in [-0.3, -0.25) is 0 Å². The Morgan fingerprint density at radius 2 is 2.18 bits per heavy atom. The first-order valence-electron chi connectivity index (χ1n) is 5.13. The van der Waals surface area contributed by atoms with Crippen LogP contribution in [0.3, 0.4) is 0 Å². The van der Waals surface area contributed by atoms with Gasteiger partial charge in [0.05, 0.1) is 9.88 Å². The molecule has 0 aliphatic rings. The Hall–Kier alpha value is -0.590. The molecule has 92 valence electrons. The van der Waals surface area contributed by atoms with Crippen LogP contribution in [0.25, 0.3) is 0 Å². The Morgan fingerprint density at radius 3 is 2.76 bits per heavy atom. The van der Waals surface area contributed by atoms with Crippen LogP contribution < -0.4 is 0 Å². The number of halogens is 1. The van der Waals surface area contributed by atoms with Gasteiger partial charge < -0.3 is 0 Å². The molecule has 17 heavy (non-hydrogen) atoms. The van der Waals surface area contributed by atoms with E-state index >= 15 is 0 Å². The molecule has 7 heteroatoms. The third kappa shape index (κ3) is 3.20. The van der Waals surface area contributed by atoms with E-state index in [0.29, 0.717) is 0 Å². The molecule has 0 unspecified atom stereocenters. The molecule has 0 aromatic carbocycles. The monoisotopic (exact) mass is 288 g/mol. The van der Waals surface area contributed by atoms with Crippen molar-refractivity contribution in [2.45, 2.75) is 37.2 Å². The van der Waals surface area contributed by atoms with Crippen molar-refractivity contribution in [3.8, 4) is 0 Å². The summed E-state index contributed by atoms with van der Waals surface area (Å²) in [5.74, 6) is 0.841. The molecule has 2 aromatic heterocycles. The largest absolute Gasteiger partial charge is 0.215 e. The van der Waals surface area contributed by atoms with Crippen molar-refractivity contribution >= 4 is 34.7 Å². The molecular formula is C10H13ClN4S2. The Labute approximate surface area is 113 Å². The molecule has 0 aliphatic heterocycles. The lowest BCUT2D eigenvalue weighted by Gasteiger charge is -2.19. The molecule has 0 saturated heterocycles. The average Bonchev–Trinajstić information content (AvgIpc) is 2.81. The quantitative estimate of drug-likeness (QED) is 0.812. The lowest BCUT2D eigenvalue weighted by Crippen LogP contribution is -2.24. The van der Waals surface area contributed by atoms with Crippen LogP contribution in [0.5, 0.6) is 0 Å². The van der Waals surface area contributed by atoms with E-state index in [1.165, 1.54) is 4.88 Å². The molecule has 0 bridgehead atoms. The molecule has 2 heterocycles. The fourth-order valence-electron chi connectivity index (χ4n) is 1.25. The average molecular weight is 289 g/mol. The van der Waals surface area contributed by atoms with Gasteiger partial charge in [0, 0.05) is 10.6 Å². The van der Waals surface area contributed by atoms with E-state index in [4.69, 9.17) is 11.6 Å². The summed E-state index contributed by atoms with van der Waals surface area (Å²) in [5, 5.41) is 12.6. The summed E-state index contributed by atoms with van der Waals surface area (Å²) >= 11 is 9.10. The predicted molar refractivity (Wildman–Crippen MR) is 71.7 cm³/mol. The molecule has 0 spiro atoms. The molecule has 0 fully saturated rings. The van der Waals surface area contributed by atoms with Crippen molar-refractivity contribution in [3.63, 3.8) is 0 Å². The fourth-order valence-corrected chi connectivity index (χ4v) is 3.44. The SMILES string of the molecule is CC(C)(C)n1nnnc1SCc1ccc(Cl)s1. The van der Waals surface area contributed by atoms with E-state index in [-0.39, 0.29) is 5.54 Å². The molecule has 0 saturated carbocycles. The zero-order valence-corrected chi connectivity index (χ0v) is 12.2. The first kappa shape index (κ1) is 12.9. The van der Waals surface area contributed by atoms with Crippen molar-refractivity contribution < 1.29 is 0 Å². The number of thioether (sulfide) groups is 1. The first-order chi connectivity index (χ1) is 7.97. The number of thiophene rings is 1. The molecule has 0 N–H and O–H groups in total. The van der Waals surface area contributed by atoms with Gasteiger partial charge in [0.15, 0.2) is 0 Å². The molecule has 2 aromatic rings. The maximum Gasteiger partial charge on any atom is 0.210 e. The number of hydrogen-bond acceptors (Lipinski definition) is 5. The number of tetrazole rings is 1. The predicted octanol–water partition coefficient (Wildman–Crippen LogP) is 3.44. The highest BCUT2D eigenvalue weighted by Gasteiger charge is 2.19. The third-order valence-corrected chi connectivity index (χ3v) is 4.43. The van der Waals surface area contributed by atoms with Crippen LogP contribution >= 0.6 is 34.7 Å². The molecule has 0 radical (unpaired) electrons. The first-order valence-corrected chi connectivity index (χ1v) is 7.31. The molecule has 0 amide bonds. The molecular weight excluding hydrogens is 276 g/mol. The van der Waals surface area contributed by atoms with Crippen molar-refractivity contribution in [2.24, 2.45) is 0 Å². The van der Waals surface area contributed by atoms with Gasteiger partial charge >= 0.3 is 0 Å². The number of aromatic nitrogens is 4. The topological polar surface area (TPSA) is 43.6 Å². The van der Waals surface area contributed by atoms with Crippen molar-refractivity contribution in [1.29, 1.82) is 0 Å². The van der Waals surface area contributed by atoms with Crippen LogP contribution in [0.15, 0.2) is 17.3 Å². The second-order valence-electron chi connectivity index (χ2n) is 4.54. The molecule has 0 atom stereocenters. The summed E-state index contributed by atoms with van der Waals surface area (Å²) in [6, 6.07) is 3.94. The van der Waals surface area contributed by atoms with Crippen LogP contribution in [0.4, 0.5) is 0 Å². The minimum Gasteiger partial charge on any atom is -0.215 e. The maximum absolute atomic E-state index is 5.89. The maximum atomic E-state index is 5.89. The Kier molecular flexibility index (Phi) is 3.75. The summed E-state index contributed by atoms with van der Waals surface area (Å²) in [6.07, 6.45) is 0. The minimum absolute atomic E-state index is 0.0983. The van der Waals surface area contributed by atoms with Crippen LogP contribution in [-0.2, 0) is 11.3 Å². The van der Waals surface area contributed by atoms with E-state index in [2.05, 4.69) is 36.3 Å². The Bertz CT molecular complexity index is 500. The second-order valence-corrected chi connectivity index (χ2v) is 7.28. The van der Waals surface area contributed by atoms with Crippen LogP contribution in [0.1, 0.15) is 25.6 Å². The third-order valence-electron chi connectivity index (χ3n) is 2.05. The van der Waals surface area contributed by atoms with Crippen molar-refractivity contribution in [2.75, 3.05) is 0 Å². The lowest BCUT2D eigenvalue weighted by atomic mass is 10.1. The van der Waals surface area contributed by atoms with E-state index in [1.807, 2.05) is 16.8 Å². The molecule has 2 rings (SSSR count). The van der Waals surface area contributed by atoms with Gasteiger partial charge in [-0.25, -0.2) is 4.68 Å². The molecule has 0 aliphatic carbocycles. The summed E-state index contributed by atoms with van der Waals surface area (Å²) in [7, 11) is 0. The zero-order chi connectivity index (χ0) is 12.5. The van der Waals surface area contributed by atoms with Gasteiger partial charge in [0.2, 0.25) is 5.16 Å². The smallest absolute Gasteiger partial charge is 0.210 e. The van der Waals surface area contributed by atoms with Gasteiger partial charge in [0.25, 0.3) is 0 Å². The van der Waals surface area contributed by atoms with Crippen LogP contribution in [0, 0.1) is 0 Å².